The number of halogens is 1. The van der Waals surface area contributed by atoms with Gasteiger partial charge in [0.05, 0.1) is 14.8 Å². The van der Waals surface area contributed by atoms with Crippen molar-refractivity contribution >= 4 is 34.6 Å². The van der Waals surface area contributed by atoms with Crippen molar-refractivity contribution in [2.24, 2.45) is 5.73 Å². The molecule has 20 heavy (non-hydrogen) atoms. The fourth-order valence-corrected chi connectivity index (χ4v) is 2.73. The lowest BCUT2D eigenvalue weighted by Gasteiger charge is -2.14. The van der Waals surface area contributed by atoms with Crippen LogP contribution in [0.15, 0.2) is 36.4 Å². The van der Waals surface area contributed by atoms with Crippen molar-refractivity contribution in [1.82, 2.24) is 0 Å². The van der Waals surface area contributed by atoms with Gasteiger partial charge in [-0.3, -0.25) is 9.59 Å². The van der Waals surface area contributed by atoms with Crippen molar-refractivity contribution < 1.29 is 14.3 Å². The zero-order valence-electron chi connectivity index (χ0n) is 10.6. The van der Waals surface area contributed by atoms with Crippen LogP contribution >= 0.6 is 22.9 Å². The number of benzene rings is 1. The second kappa shape index (κ2) is 6.07. The molecule has 1 atom stereocenters. The van der Waals surface area contributed by atoms with Gasteiger partial charge >= 0.3 is 0 Å². The summed E-state index contributed by atoms with van der Waals surface area (Å²) >= 11 is 6.99. The van der Waals surface area contributed by atoms with Crippen LogP contribution in [0.4, 0.5) is 0 Å². The summed E-state index contributed by atoms with van der Waals surface area (Å²) in [6.07, 6.45) is -0.731. The van der Waals surface area contributed by atoms with Crippen LogP contribution in [-0.2, 0) is 0 Å². The minimum Gasteiger partial charge on any atom is -0.482 e. The standard InChI is InChI=1S/C14H12ClNO3S/c1-8(13(17)11-6-7-12(15)20-11)19-10-5-3-2-4-9(10)14(16)18/h2-8H,1H3,(H2,16,18). The molecule has 0 bridgehead atoms. The number of thiophene rings is 1. The quantitative estimate of drug-likeness (QED) is 0.863. The highest BCUT2D eigenvalue weighted by Gasteiger charge is 2.20. The summed E-state index contributed by atoms with van der Waals surface area (Å²) in [4.78, 5) is 24.0. The highest BCUT2D eigenvalue weighted by Crippen LogP contribution is 2.25. The van der Waals surface area contributed by atoms with Crippen molar-refractivity contribution in [3.05, 3.63) is 51.2 Å². The van der Waals surface area contributed by atoms with E-state index in [1.54, 1.807) is 43.3 Å². The van der Waals surface area contributed by atoms with Crippen LogP contribution in [0.1, 0.15) is 27.0 Å². The van der Waals surface area contributed by atoms with Gasteiger partial charge < -0.3 is 10.5 Å². The molecule has 1 aromatic carbocycles. The number of rotatable bonds is 5. The first kappa shape index (κ1) is 14.6. The van der Waals surface area contributed by atoms with E-state index in [2.05, 4.69) is 0 Å². The molecule has 4 nitrogen and oxygen atoms in total. The number of Topliss-reactive ketones (excluding diaryl/α,β-unsaturated/α-hetero) is 1. The molecular weight excluding hydrogens is 298 g/mol. The summed E-state index contributed by atoms with van der Waals surface area (Å²) in [7, 11) is 0. The minimum absolute atomic E-state index is 0.193. The van der Waals surface area contributed by atoms with E-state index < -0.39 is 12.0 Å². The highest BCUT2D eigenvalue weighted by atomic mass is 35.5. The summed E-state index contributed by atoms with van der Waals surface area (Å²) in [6.45, 7) is 1.62. The average molecular weight is 310 g/mol. The van der Waals surface area contributed by atoms with Crippen LogP contribution < -0.4 is 10.5 Å². The van der Waals surface area contributed by atoms with Crippen LogP contribution in [0.3, 0.4) is 0 Å². The van der Waals surface area contributed by atoms with Crippen LogP contribution in [0, 0.1) is 0 Å². The SMILES string of the molecule is CC(Oc1ccccc1C(N)=O)C(=O)c1ccc(Cl)s1. The molecule has 0 saturated carbocycles. The van der Waals surface area contributed by atoms with Crippen LogP contribution in [0.2, 0.25) is 4.34 Å². The lowest BCUT2D eigenvalue weighted by atomic mass is 10.1. The van der Waals surface area contributed by atoms with E-state index in [0.29, 0.717) is 15.0 Å². The Balaban J connectivity index is 2.18. The predicted molar refractivity (Wildman–Crippen MR) is 78.7 cm³/mol. The number of carbonyl (C=O) groups excluding carboxylic acids is 2. The normalized spacial score (nSPS) is 11.9. The van der Waals surface area contributed by atoms with Crippen LogP contribution in [-0.4, -0.2) is 17.8 Å². The number of nitrogens with two attached hydrogens (primary N) is 1. The van der Waals surface area contributed by atoms with Gasteiger partial charge in [0.15, 0.2) is 6.10 Å². The van der Waals surface area contributed by atoms with Crippen molar-refractivity contribution in [3.63, 3.8) is 0 Å². The Morgan fingerprint density at radius 1 is 1.25 bits per heavy atom. The number of carbonyl (C=O) groups is 2. The fourth-order valence-electron chi connectivity index (χ4n) is 1.66. The second-order valence-corrected chi connectivity index (χ2v) is 5.80. The molecule has 0 spiro atoms. The lowest BCUT2D eigenvalue weighted by molar-refractivity contribution is 0.0815. The molecule has 0 fully saturated rings. The van der Waals surface area contributed by atoms with Crippen molar-refractivity contribution in [2.45, 2.75) is 13.0 Å². The Labute approximate surface area is 125 Å². The molecule has 2 N–H and O–H groups in total. The van der Waals surface area contributed by atoms with E-state index in [4.69, 9.17) is 22.1 Å². The first-order chi connectivity index (χ1) is 9.49. The average Bonchev–Trinajstić information content (AvgIpc) is 2.84. The maximum absolute atomic E-state index is 12.2. The van der Waals surface area contributed by atoms with Gasteiger partial charge in [0.1, 0.15) is 5.75 Å². The largest absolute Gasteiger partial charge is 0.482 e. The van der Waals surface area contributed by atoms with Gasteiger partial charge in [-0.15, -0.1) is 11.3 Å². The number of ketones is 1. The number of ether oxygens (including phenoxy) is 1. The Morgan fingerprint density at radius 3 is 2.55 bits per heavy atom. The number of primary amides is 1. The molecule has 1 unspecified atom stereocenters. The van der Waals surface area contributed by atoms with E-state index in [1.165, 1.54) is 11.3 Å². The predicted octanol–water partition coefficient (Wildman–Crippen LogP) is 3.15. The summed E-state index contributed by atoms with van der Waals surface area (Å²) in [5, 5.41) is 0. The molecule has 0 saturated heterocycles. The summed E-state index contributed by atoms with van der Waals surface area (Å²) < 4.78 is 6.09. The lowest BCUT2D eigenvalue weighted by Crippen LogP contribution is -2.24. The molecule has 2 aromatic rings. The smallest absolute Gasteiger partial charge is 0.252 e. The van der Waals surface area contributed by atoms with Gasteiger partial charge in [0.2, 0.25) is 5.78 Å². The first-order valence-corrected chi connectivity index (χ1v) is 7.03. The number of para-hydroxylation sites is 1. The molecular formula is C14H12ClNO3S. The van der Waals surface area contributed by atoms with E-state index >= 15 is 0 Å². The summed E-state index contributed by atoms with van der Waals surface area (Å²) in [5.74, 6) is -0.496. The third-order valence-electron chi connectivity index (χ3n) is 2.64. The maximum atomic E-state index is 12.2. The van der Waals surface area contributed by atoms with Gasteiger partial charge in [0, 0.05) is 0 Å². The number of amides is 1. The Morgan fingerprint density at radius 2 is 1.95 bits per heavy atom. The molecule has 1 amide bonds. The van der Waals surface area contributed by atoms with Crippen molar-refractivity contribution in [2.75, 3.05) is 0 Å². The van der Waals surface area contributed by atoms with Crippen molar-refractivity contribution in [1.29, 1.82) is 0 Å². The Kier molecular flexibility index (Phi) is 4.42. The zero-order valence-corrected chi connectivity index (χ0v) is 12.2. The van der Waals surface area contributed by atoms with Gasteiger partial charge in [-0.25, -0.2) is 0 Å². The molecule has 0 aliphatic carbocycles. The molecule has 1 heterocycles. The topological polar surface area (TPSA) is 69.4 Å². The van der Waals surface area contributed by atoms with Gasteiger partial charge in [0.25, 0.3) is 5.91 Å². The van der Waals surface area contributed by atoms with E-state index in [-0.39, 0.29) is 11.3 Å². The Bertz CT molecular complexity index is 653. The zero-order chi connectivity index (χ0) is 14.7. The maximum Gasteiger partial charge on any atom is 0.252 e. The fraction of sp³-hybridized carbons (Fsp3) is 0.143. The molecule has 0 aliphatic rings. The summed E-state index contributed by atoms with van der Waals surface area (Å²) in [6, 6.07) is 9.85. The molecule has 6 heteroatoms. The number of hydrogen-bond donors (Lipinski definition) is 1. The van der Waals surface area contributed by atoms with Crippen LogP contribution in [0.5, 0.6) is 5.75 Å². The summed E-state index contributed by atoms with van der Waals surface area (Å²) in [5.41, 5.74) is 5.51. The van der Waals surface area contributed by atoms with E-state index in [1.807, 2.05) is 0 Å². The van der Waals surface area contributed by atoms with Gasteiger partial charge in [-0.05, 0) is 31.2 Å². The molecule has 1 aromatic heterocycles. The minimum atomic E-state index is -0.731. The Hall–Kier alpha value is -1.85. The second-order valence-electron chi connectivity index (χ2n) is 4.09. The molecule has 0 radical (unpaired) electrons. The first-order valence-electron chi connectivity index (χ1n) is 5.84. The third-order valence-corrected chi connectivity index (χ3v) is 3.89. The highest BCUT2D eigenvalue weighted by molar-refractivity contribution is 7.18. The van der Waals surface area contributed by atoms with E-state index in [9.17, 15) is 9.59 Å². The monoisotopic (exact) mass is 309 g/mol. The van der Waals surface area contributed by atoms with Crippen LogP contribution in [0.25, 0.3) is 0 Å². The number of hydrogen-bond acceptors (Lipinski definition) is 4. The van der Waals surface area contributed by atoms with Gasteiger partial charge in [-0.2, -0.15) is 0 Å². The molecule has 2 rings (SSSR count). The molecule has 104 valence electrons. The van der Waals surface area contributed by atoms with E-state index in [0.717, 1.165) is 0 Å². The molecule has 0 aliphatic heterocycles. The van der Waals surface area contributed by atoms with Crippen molar-refractivity contribution in [3.8, 4) is 5.75 Å². The third kappa shape index (κ3) is 3.18. The van der Waals surface area contributed by atoms with Gasteiger partial charge in [-0.1, -0.05) is 23.7 Å².